The van der Waals surface area contributed by atoms with Gasteiger partial charge in [0.1, 0.15) is 15.9 Å². The third-order valence-electron chi connectivity index (χ3n) is 2.68. The van der Waals surface area contributed by atoms with E-state index in [1.165, 1.54) is 18.2 Å². The molecule has 102 valence electrons. The number of H-pyrrole nitrogens is 1. The molecule has 5 nitrogen and oxygen atoms in total. The van der Waals surface area contributed by atoms with Crippen LogP contribution < -0.4 is 11.2 Å². The Morgan fingerprint density at radius 1 is 1.40 bits per heavy atom. The fourth-order valence-electron chi connectivity index (χ4n) is 1.75. The molecule has 0 atom stereocenters. The molecule has 2 rings (SSSR count). The molecule has 2 aromatic heterocycles. The van der Waals surface area contributed by atoms with E-state index in [0.29, 0.717) is 11.3 Å². The molecule has 0 saturated heterocycles. The lowest BCUT2D eigenvalue weighted by Gasteiger charge is -2.05. The van der Waals surface area contributed by atoms with Crippen LogP contribution in [0.5, 0.6) is 5.75 Å². The highest BCUT2D eigenvalue weighted by Gasteiger charge is 2.15. The predicted octanol–water partition coefficient (Wildman–Crippen LogP) is 2.23. The lowest BCUT2D eigenvalue weighted by molar-refractivity contribution is 0.447. The van der Waals surface area contributed by atoms with Gasteiger partial charge in [-0.25, -0.2) is 4.79 Å². The van der Waals surface area contributed by atoms with Gasteiger partial charge in [0.05, 0.1) is 5.69 Å². The number of aromatic hydroxyl groups is 1. The van der Waals surface area contributed by atoms with Gasteiger partial charge in [0.15, 0.2) is 5.75 Å². The minimum atomic E-state index is -0.817. The molecular weight excluding hydrogens is 278 g/mol. The SMILES string of the molecule is C=C/C=C(\C=C)c1cc2oc(=O)c(S)c(O)c2c(=O)[nH]1. The van der Waals surface area contributed by atoms with E-state index in [9.17, 15) is 14.7 Å². The normalized spacial score (nSPS) is 11.6. The number of hydrogen-bond donors (Lipinski definition) is 3. The summed E-state index contributed by atoms with van der Waals surface area (Å²) < 4.78 is 4.97. The first kappa shape index (κ1) is 14.0. The zero-order valence-corrected chi connectivity index (χ0v) is 11.2. The fourth-order valence-corrected chi connectivity index (χ4v) is 1.91. The highest BCUT2D eigenvalue weighted by molar-refractivity contribution is 7.80. The minimum absolute atomic E-state index is 0.0270. The Hall–Kier alpha value is -2.47. The van der Waals surface area contributed by atoms with E-state index < -0.39 is 16.9 Å². The molecule has 0 aliphatic carbocycles. The zero-order chi connectivity index (χ0) is 14.9. The van der Waals surface area contributed by atoms with Crippen molar-refractivity contribution in [3.8, 4) is 5.75 Å². The van der Waals surface area contributed by atoms with E-state index in [1.807, 2.05) is 0 Å². The van der Waals surface area contributed by atoms with Crippen molar-refractivity contribution in [1.82, 2.24) is 4.98 Å². The van der Waals surface area contributed by atoms with Crippen molar-refractivity contribution in [2.24, 2.45) is 0 Å². The van der Waals surface area contributed by atoms with Gasteiger partial charge in [-0.2, -0.15) is 0 Å². The molecule has 0 bridgehead atoms. The smallest absolute Gasteiger partial charge is 0.353 e. The summed E-state index contributed by atoms with van der Waals surface area (Å²) in [7, 11) is 0. The van der Waals surface area contributed by atoms with Crippen LogP contribution in [0.15, 0.2) is 56.4 Å². The molecule has 0 amide bonds. The fraction of sp³-hybridized carbons (Fsp3) is 0. The Balaban J connectivity index is 2.90. The van der Waals surface area contributed by atoms with Crippen LogP contribution in [0.3, 0.4) is 0 Å². The number of aromatic amines is 1. The summed E-state index contributed by atoms with van der Waals surface area (Å²) >= 11 is 3.80. The minimum Gasteiger partial charge on any atom is -0.506 e. The Labute approximate surface area is 119 Å². The summed E-state index contributed by atoms with van der Waals surface area (Å²) in [6.45, 7) is 7.18. The van der Waals surface area contributed by atoms with Crippen LogP contribution in [0, 0.1) is 0 Å². The summed E-state index contributed by atoms with van der Waals surface area (Å²) in [6.07, 6.45) is 4.68. The zero-order valence-electron chi connectivity index (χ0n) is 10.3. The molecular formula is C14H11NO4S. The number of fused-ring (bicyclic) bond motifs is 1. The number of thiol groups is 1. The maximum absolute atomic E-state index is 12.0. The summed E-state index contributed by atoms with van der Waals surface area (Å²) in [5.41, 5.74) is -0.447. The molecule has 20 heavy (non-hydrogen) atoms. The second-order valence-corrected chi connectivity index (χ2v) is 4.35. The number of hydrogen-bond acceptors (Lipinski definition) is 5. The van der Waals surface area contributed by atoms with E-state index in [0.717, 1.165) is 0 Å². The standard InChI is InChI=1S/C14H11NO4S/c1-3-5-7(4-2)8-6-9-10(13(17)15-8)11(16)12(20)14(18)19-9/h3-6,16,20H,1-2H2,(H,15,17)/b7-5+. The van der Waals surface area contributed by atoms with Crippen molar-refractivity contribution in [1.29, 1.82) is 0 Å². The van der Waals surface area contributed by atoms with E-state index in [4.69, 9.17) is 4.42 Å². The average Bonchev–Trinajstić information content (AvgIpc) is 2.41. The van der Waals surface area contributed by atoms with E-state index in [-0.39, 0.29) is 15.9 Å². The summed E-state index contributed by atoms with van der Waals surface area (Å²) in [5.74, 6) is -0.500. The number of rotatable bonds is 3. The Morgan fingerprint density at radius 3 is 2.70 bits per heavy atom. The van der Waals surface area contributed by atoms with Gasteiger partial charge in [-0.1, -0.05) is 31.4 Å². The first-order chi connectivity index (χ1) is 9.49. The summed E-state index contributed by atoms with van der Waals surface area (Å²) in [4.78, 5) is 25.8. The maximum atomic E-state index is 12.0. The Kier molecular flexibility index (Phi) is 3.67. The van der Waals surface area contributed by atoms with Crippen molar-refractivity contribution in [3.05, 3.63) is 63.9 Å². The van der Waals surface area contributed by atoms with Crippen molar-refractivity contribution in [2.45, 2.75) is 4.90 Å². The van der Waals surface area contributed by atoms with Crippen molar-refractivity contribution in [2.75, 3.05) is 0 Å². The molecule has 0 radical (unpaired) electrons. The van der Waals surface area contributed by atoms with Gasteiger partial charge in [-0.05, 0) is 5.57 Å². The number of allylic oxidation sites excluding steroid dienone is 4. The van der Waals surface area contributed by atoms with Gasteiger partial charge >= 0.3 is 5.63 Å². The predicted molar refractivity (Wildman–Crippen MR) is 80.4 cm³/mol. The highest BCUT2D eigenvalue weighted by Crippen LogP contribution is 2.26. The highest BCUT2D eigenvalue weighted by atomic mass is 32.1. The molecule has 0 aliphatic rings. The summed E-state index contributed by atoms with van der Waals surface area (Å²) in [6, 6.07) is 1.43. The van der Waals surface area contributed by atoms with Gasteiger partial charge in [0.25, 0.3) is 5.56 Å². The molecule has 0 aliphatic heterocycles. The molecule has 0 spiro atoms. The summed E-state index contributed by atoms with van der Waals surface area (Å²) in [5, 5.41) is 9.68. The second kappa shape index (κ2) is 5.26. The van der Waals surface area contributed by atoms with Gasteiger partial charge in [-0.3, -0.25) is 4.79 Å². The maximum Gasteiger partial charge on any atom is 0.353 e. The molecule has 0 aromatic carbocycles. The third kappa shape index (κ3) is 2.21. The topological polar surface area (TPSA) is 83.3 Å². The molecule has 6 heteroatoms. The van der Waals surface area contributed by atoms with Crippen LogP contribution in [-0.2, 0) is 0 Å². The van der Waals surface area contributed by atoms with Gasteiger partial charge in [0, 0.05) is 6.07 Å². The number of pyridine rings is 1. The first-order valence-corrected chi connectivity index (χ1v) is 6.02. The lowest BCUT2D eigenvalue weighted by atomic mass is 10.1. The monoisotopic (exact) mass is 289 g/mol. The van der Waals surface area contributed by atoms with Gasteiger partial charge in [0.2, 0.25) is 0 Å². The van der Waals surface area contributed by atoms with Gasteiger partial charge < -0.3 is 14.5 Å². The van der Waals surface area contributed by atoms with Crippen LogP contribution >= 0.6 is 12.6 Å². The van der Waals surface area contributed by atoms with E-state index in [2.05, 4.69) is 30.8 Å². The van der Waals surface area contributed by atoms with Crippen LogP contribution in [-0.4, -0.2) is 10.1 Å². The van der Waals surface area contributed by atoms with E-state index >= 15 is 0 Å². The third-order valence-corrected chi connectivity index (χ3v) is 3.08. The van der Waals surface area contributed by atoms with Crippen molar-refractivity contribution in [3.63, 3.8) is 0 Å². The van der Waals surface area contributed by atoms with Gasteiger partial charge in [-0.15, -0.1) is 12.6 Å². The number of aromatic nitrogens is 1. The lowest BCUT2D eigenvalue weighted by Crippen LogP contribution is -2.12. The quantitative estimate of drug-likeness (QED) is 0.597. The Morgan fingerprint density at radius 2 is 2.10 bits per heavy atom. The molecule has 0 unspecified atom stereocenters. The number of nitrogens with one attached hydrogen (secondary N) is 1. The van der Waals surface area contributed by atoms with Crippen LogP contribution in [0.2, 0.25) is 0 Å². The molecule has 0 saturated carbocycles. The molecule has 2 aromatic rings. The van der Waals surface area contributed by atoms with Crippen molar-refractivity contribution < 1.29 is 9.52 Å². The Bertz CT molecular complexity index is 858. The average molecular weight is 289 g/mol. The largest absolute Gasteiger partial charge is 0.506 e. The molecule has 2 N–H and O–H groups in total. The van der Waals surface area contributed by atoms with Crippen LogP contribution in [0.1, 0.15) is 5.69 Å². The first-order valence-electron chi connectivity index (χ1n) is 5.57. The van der Waals surface area contributed by atoms with Crippen LogP contribution in [0.4, 0.5) is 0 Å². The second-order valence-electron chi connectivity index (χ2n) is 3.90. The molecule has 2 heterocycles. The van der Waals surface area contributed by atoms with Crippen molar-refractivity contribution >= 4 is 29.2 Å². The van der Waals surface area contributed by atoms with Crippen LogP contribution in [0.25, 0.3) is 16.5 Å². The molecule has 0 fully saturated rings. The van der Waals surface area contributed by atoms with E-state index in [1.54, 1.807) is 6.08 Å².